The number of nitrogens with zero attached hydrogens (tertiary/aromatic N) is 3. The second-order valence-corrected chi connectivity index (χ2v) is 5.52. The van der Waals surface area contributed by atoms with Gasteiger partial charge in [0.25, 0.3) is 0 Å². The largest absolute Gasteiger partial charge is 0.381 e. The maximum Gasteiger partial charge on any atom is 0.187 e. The molecule has 1 heterocycles. The van der Waals surface area contributed by atoms with E-state index in [-0.39, 0.29) is 5.84 Å². The molecular formula is C12H11N5S2. The van der Waals surface area contributed by atoms with Gasteiger partial charge in [0.2, 0.25) is 0 Å². The maximum atomic E-state index is 9.10. The van der Waals surface area contributed by atoms with Crippen molar-refractivity contribution in [2.45, 2.75) is 0 Å². The summed E-state index contributed by atoms with van der Waals surface area (Å²) in [6.45, 7) is 0. The lowest BCUT2D eigenvalue weighted by atomic mass is 10.3. The molecule has 0 aromatic heterocycles. The van der Waals surface area contributed by atoms with Crippen LogP contribution >= 0.6 is 23.5 Å². The lowest BCUT2D eigenvalue weighted by molar-refractivity contribution is 1.04. The molecule has 96 valence electrons. The van der Waals surface area contributed by atoms with E-state index in [1.807, 2.05) is 36.6 Å². The number of para-hydroxylation sites is 1. The van der Waals surface area contributed by atoms with Gasteiger partial charge in [0.1, 0.15) is 11.6 Å². The topological polar surface area (TPSA) is 86.6 Å². The Bertz CT molecular complexity index is 598. The minimum atomic E-state index is 0.178. The van der Waals surface area contributed by atoms with Crippen LogP contribution in [0.15, 0.2) is 50.2 Å². The average Bonchev–Trinajstić information content (AvgIpc) is 2.59. The van der Waals surface area contributed by atoms with E-state index in [0.29, 0.717) is 10.7 Å². The van der Waals surface area contributed by atoms with Crippen molar-refractivity contribution in [3.8, 4) is 6.07 Å². The molecule has 1 aliphatic rings. The van der Waals surface area contributed by atoms with Crippen molar-refractivity contribution in [2.24, 2.45) is 15.8 Å². The third-order valence-electron chi connectivity index (χ3n) is 2.21. The number of thioether (sulfide) groups is 2. The summed E-state index contributed by atoms with van der Waals surface area (Å²) in [7, 11) is 0. The van der Waals surface area contributed by atoms with Gasteiger partial charge in [0.15, 0.2) is 11.0 Å². The monoisotopic (exact) mass is 289 g/mol. The number of nitrogens with one attached hydrogen (secondary N) is 1. The molecule has 2 rings (SSSR count). The van der Waals surface area contributed by atoms with Crippen molar-refractivity contribution < 1.29 is 0 Å². The normalized spacial score (nSPS) is 17.5. The zero-order chi connectivity index (χ0) is 13.7. The summed E-state index contributed by atoms with van der Waals surface area (Å²) < 4.78 is 0.781. The first-order valence-corrected chi connectivity index (χ1v) is 7.38. The molecule has 0 bridgehead atoms. The van der Waals surface area contributed by atoms with E-state index in [2.05, 4.69) is 21.6 Å². The Hall–Kier alpha value is -1.91. The van der Waals surface area contributed by atoms with Crippen LogP contribution in [0.25, 0.3) is 0 Å². The zero-order valence-electron chi connectivity index (χ0n) is 10.1. The molecule has 0 amide bonds. The molecule has 0 atom stereocenters. The van der Waals surface area contributed by atoms with Crippen LogP contribution in [0, 0.1) is 11.3 Å². The van der Waals surface area contributed by atoms with Crippen LogP contribution in [0.3, 0.4) is 0 Å². The van der Waals surface area contributed by atoms with Gasteiger partial charge in [-0.05, 0) is 30.2 Å². The van der Waals surface area contributed by atoms with E-state index < -0.39 is 0 Å². The second kappa shape index (κ2) is 6.31. The number of amidine groups is 2. The molecular weight excluding hydrogens is 278 g/mol. The van der Waals surface area contributed by atoms with Crippen LogP contribution in [-0.2, 0) is 0 Å². The van der Waals surface area contributed by atoms with Gasteiger partial charge >= 0.3 is 0 Å². The molecule has 1 aromatic carbocycles. The van der Waals surface area contributed by atoms with Crippen LogP contribution in [-0.4, -0.2) is 17.3 Å². The molecule has 1 aliphatic heterocycles. The van der Waals surface area contributed by atoms with Gasteiger partial charge in [0.05, 0.1) is 9.92 Å². The highest BCUT2D eigenvalue weighted by molar-refractivity contribution is 8.29. The van der Waals surface area contributed by atoms with Gasteiger partial charge in [-0.25, -0.2) is 4.99 Å². The Balaban J connectivity index is 2.36. The quantitative estimate of drug-likeness (QED) is 0.873. The summed E-state index contributed by atoms with van der Waals surface area (Å²) >= 11 is 2.80. The number of hydrogen-bond acceptors (Lipinski definition) is 6. The lowest BCUT2D eigenvalue weighted by Gasteiger charge is -2.04. The van der Waals surface area contributed by atoms with Gasteiger partial charge < -0.3 is 5.73 Å². The first kappa shape index (κ1) is 13.5. The van der Waals surface area contributed by atoms with Crippen LogP contribution in [0.5, 0.6) is 0 Å². The Morgan fingerprint density at radius 2 is 2.16 bits per heavy atom. The predicted molar refractivity (Wildman–Crippen MR) is 82.0 cm³/mol. The van der Waals surface area contributed by atoms with E-state index >= 15 is 0 Å². The fraction of sp³-hybridized carbons (Fsp3) is 0.0833. The Kier molecular flexibility index (Phi) is 4.49. The van der Waals surface area contributed by atoms with E-state index in [9.17, 15) is 0 Å². The van der Waals surface area contributed by atoms with E-state index in [4.69, 9.17) is 11.0 Å². The lowest BCUT2D eigenvalue weighted by Crippen LogP contribution is -2.19. The molecule has 3 N–H and O–H groups in total. The summed E-state index contributed by atoms with van der Waals surface area (Å²) in [5.74, 6) is 0.178. The summed E-state index contributed by atoms with van der Waals surface area (Å²) in [4.78, 5) is 4.43. The maximum absolute atomic E-state index is 9.10. The van der Waals surface area contributed by atoms with Gasteiger partial charge in [-0.15, -0.1) is 11.8 Å². The fourth-order valence-electron chi connectivity index (χ4n) is 1.34. The summed E-state index contributed by atoms with van der Waals surface area (Å²) in [6, 6.07) is 11.6. The van der Waals surface area contributed by atoms with Crippen LogP contribution in [0.4, 0.5) is 5.69 Å². The molecule has 0 radical (unpaired) electrons. The zero-order valence-corrected chi connectivity index (χ0v) is 11.8. The molecule has 19 heavy (non-hydrogen) atoms. The number of nitriles is 1. The van der Waals surface area contributed by atoms with Crippen molar-refractivity contribution in [1.82, 2.24) is 5.43 Å². The van der Waals surface area contributed by atoms with Crippen molar-refractivity contribution in [3.05, 3.63) is 40.1 Å². The average molecular weight is 289 g/mol. The molecule has 0 unspecified atom stereocenters. The minimum Gasteiger partial charge on any atom is -0.381 e. The SMILES string of the molecule is CSC1=C(C#N)C(N)=NNC(=Nc2ccccc2)S1. The Labute approximate surface area is 119 Å². The van der Waals surface area contributed by atoms with Crippen molar-refractivity contribution in [1.29, 1.82) is 5.26 Å². The fourth-order valence-corrected chi connectivity index (χ4v) is 2.94. The van der Waals surface area contributed by atoms with Gasteiger partial charge in [-0.2, -0.15) is 10.4 Å². The summed E-state index contributed by atoms with van der Waals surface area (Å²) in [5.41, 5.74) is 9.70. The number of hydrazone groups is 1. The number of benzene rings is 1. The highest BCUT2D eigenvalue weighted by atomic mass is 32.2. The second-order valence-electron chi connectivity index (χ2n) is 3.44. The third kappa shape index (κ3) is 3.30. The smallest absolute Gasteiger partial charge is 0.187 e. The predicted octanol–water partition coefficient (Wildman–Crippen LogP) is 2.38. The molecule has 0 fully saturated rings. The summed E-state index contributed by atoms with van der Waals surface area (Å²) in [6.07, 6.45) is 1.89. The van der Waals surface area contributed by atoms with Crippen molar-refractivity contribution >= 4 is 40.2 Å². The van der Waals surface area contributed by atoms with Crippen molar-refractivity contribution in [2.75, 3.05) is 6.26 Å². The van der Waals surface area contributed by atoms with E-state index in [1.54, 1.807) is 0 Å². The van der Waals surface area contributed by atoms with Crippen molar-refractivity contribution in [3.63, 3.8) is 0 Å². The van der Waals surface area contributed by atoms with Gasteiger partial charge in [-0.1, -0.05) is 18.2 Å². The highest BCUT2D eigenvalue weighted by Gasteiger charge is 2.17. The molecule has 0 spiro atoms. The minimum absolute atomic E-state index is 0.178. The van der Waals surface area contributed by atoms with Gasteiger partial charge in [0, 0.05) is 0 Å². The first-order valence-electron chi connectivity index (χ1n) is 5.34. The van der Waals surface area contributed by atoms with E-state index in [1.165, 1.54) is 23.5 Å². The number of nitrogens with two attached hydrogens (primary N) is 1. The molecule has 0 saturated heterocycles. The number of rotatable bonds is 2. The molecule has 5 nitrogen and oxygen atoms in total. The summed E-state index contributed by atoms with van der Waals surface area (Å²) in [5, 5.41) is 13.6. The van der Waals surface area contributed by atoms with E-state index in [0.717, 1.165) is 9.92 Å². The van der Waals surface area contributed by atoms with Crippen LogP contribution in [0.2, 0.25) is 0 Å². The van der Waals surface area contributed by atoms with Crippen LogP contribution in [0.1, 0.15) is 0 Å². The standard InChI is InChI=1S/C12H11N5S2/c1-18-11-9(7-13)10(14)16-17-12(19-11)15-8-5-3-2-4-6-8/h2-6H,1H3,(H2,14,16)(H,15,17). The Morgan fingerprint density at radius 3 is 2.79 bits per heavy atom. The number of aliphatic imine (C=N–C) groups is 1. The Morgan fingerprint density at radius 1 is 1.42 bits per heavy atom. The molecule has 0 saturated carbocycles. The third-order valence-corrected chi connectivity index (χ3v) is 4.30. The molecule has 7 heteroatoms. The van der Waals surface area contributed by atoms with Gasteiger partial charge in [-0.3, -0.25) is 5.43 Å². The molecule has 0 aliphatic carbocycles. The first-order chi connectivity index (χ1) is 9.24. The van der Waals surface area contributed by atoms with Crippen LogP contribution < -0.4 is 11.2 Å². The number of hydrogen-bond donors (Lipinski definition) is 2. The molecule has 1 aromatic rings. The highest BCUT2D eigenvalue weighted by Crippen LogP contribution is 2.32.